The van der Waals surface area contributed by atoms with Crippen molar-refractivity contribution < 1.29 is 13.2 Å². The van der Waals surface area contributed by atoms with Gasteiger partial charge in [0.25, 0.3) is 15.9 Å². The third-order valence-corrected chi connectivity index (χ3v) is 7.30. The highest BCUT2D eigenvalue weighted by Crippen LogP contribution is 2.26. The normalized spacial score (nSPS) is 11.2. The van der Waals surface area contributed by atoms with Crippen LogP contribution in [0.25, 0.3) is 10.6 Å². The molecule has 0 bridgehead atoms. The predicted octanol–water partition coefficient (Wildman–Crippen LogP) is 5.48. The van der Waals surface area contributed by atoms with Gasteiger partial charge in [-0.25, -0.2) is 13.4 Å². The fraction of sp³-hybridized carbons (Fsp3) is 0.0833. The summed E-state index contributed by atoms with van der Waals surface area (Å²) in [6.45, 7) is 3.71. The smallest absolute Gasteiger partial charge is 0.267 e. The van der Waals surface area contributed by atoms with Crippen LogP contribution < -0.4 is 10.0 Å². The molecular weight excluding hydrogens is 442 g/mol. The van der Waals surface area contributed by atoms with Crippen LogP contribution in [-0.2, 0) is 10.0 Å². The van der Waals surface area contributed by atoms with E-state index in [2.05, 4.69) is 15.0 Å². The summed E-state index contributed by atoms with van der Waals surface area (Å²) in [6, 6.07) is 21.3. The number of thiazole rings is 1. The van der Waals surface area contributed by atoms with Crippen molar-refractivity contribution in [1.82, 2.24) is 4.98 Å². The molecule has 1 amide bonds. The number of carbonyl (C=O) groups excluding carboxylic acids is 1. The highest BCUT2D eigenvalue weighted by atomic mass is 32.2. The number of para-hydroxylation sites is 1. The first-order valence-corrected chi connectivity index (χ1v) is 12.2. The molecule has 1 aromatic heterocycles. The molecule has 0 atom stereocenters. The second-order valence-electron chi connectivity index (χ2n) is 7.25. The number of aromatic nitrogens is 1. The predicted molar refractivity (Wildman–Crippen MR) is 129 cm³/mol. The summed E-state index contributed by atoms with van der Waals surface area (Å²) in [6.07, 6.45) is 1.54. The number of sulfonamides is 1. The number of aryl methyl sites for hydroxylation is 2. The number of nitrogens with one attached hydrogen (secondary N) is 2. The van der Waals surface area contributed by atoms with Crippen LogP contribution in [0.1, 0.15) is 20.8 Å². The number of hydrogen-bond acceptors (Lipinski definition) is 5. The van der Waals surface area contributed by atoms with Gasteiger partial charge in [-0.1, -0.05) is 48.5 Å². The van der Waals surface area contributed by atoms with E-state index in [9.17, 15) is 13.2 Å². The van der Waals surface area contributed by atoms with Crippen molar-refractivity contribution in [3.05, 3.63) is 95.0 Å². The third-order valence-electron chi connectivity index (χ3n) is 4.89. The van der Waals surface area contributed by atoms with Crippen molar-refractivity contribution >= 4 is 38.6 Å². The average molecular weight is 464 g/mol. The molecule has 0 aliphatic carbocycles. The highest BCUT2D eigenvalue weighted by Gasteiger charge is 2.17. The summed E-state index contributed by atoms with van der Waals surface area (Å²) in [7, 11) is -3.75. The Bertz CT molecular complexity index is 1340. The number of benzene rings is 3. The van der Waals surface area contributed by atoms with Crippen LogP contribution in [0, 0.1) is 13.8 Å². The molecule has 8 heteroatoms. The minimum Gasteiger partial charge on any atom is -0.321 e. The van der Waals surface area contributed by atoms with Gasteiger partial charge in [0.15, 0.2) is 0 Å². The lowest BCUT2D eigenvalue weighted by atomic mass is 10.1. The second-order valence-corrected chi connectivity index (χ2v) is 9.96. The van der Waals surface area contributed by atoms with Crippen LogP contribution in [0.15, 0.2) is 83.9 Å². The molecule has 2 N–H and O–H groups in total. The molecule has 162 valence electrons. The Balaban J connectivity index is 1.47. The zero-order valence-corrected chi connectivity index (χ0v) is 19.1. The Labute approximate surface area is 191 Å². The first-order chi connectivity index (χ1) is 15.3. The van der Waals surface area contributed by atoms with Gasteiger partial charge in [0.05, 0.1) is 16.8 Å². The van der Waals surface area contributed by atoms with Crippen molar-refractivity contribution in [2.75, 3.05) is 10.0 Å². The number of amides is 1. The molecule has 4 rings (SSSR count). The molecule has 0 saturated carbocycles. The van der Waals surface area contributed by atoms with Crippen LogP contribution in [0.3, 0.4) is 0 Å². The van der Waals surface area contributed by atoms with Gasteiger partial charge in [0.1, 0.15) is 9.88 Å². The first-order valence-electron chi connectivity index (χ1n) is 9.85. The minimum atomic E-state index is -3.75. The van der Waals surface area contributed by atoms with E-state index in [0.29, 0.717) is 16.3 Å². The SMILES string of the molecule is Cc1cccc(C)c1NS(=O)(=O)c1ccc(NC(=O)c2cnc(-c3ccccc3)s2)cc1. The Hall–Kier alpha value is -3.49. The zero-order valence-electron chi connectivity index (χ0n) is 17.5. The monoisotopic (exact) mass is 463 g/mol. The van der Waals surface area contributed by atoms with E-state index in [-0.39, 0.29) is 10.8 Å². The summed E-state index contributed by atoms with van der Waals surface area (Å²) >= 11 is 1.30. The lowest BCUT2D eigenvalue weighted by molar-refractivity contribution is 0.103. The molecule has 0 fully saturated rings. The minimum absolute atomic E-state index is 0.113. The molecule has 0 saturated heterocycles. The lowest BCUT2D eigenvalue weighted by Gasteiger charge is -2.13. The number of nitrogens with zero attached hydrogens (tertiary/aromatic N) is 1. The maximum atomic E-state index is 12.8. The Morgan fingerprint density at radius 2 is 1.53 bits per heavy atom. The van der Waals surface area contributed by atoms with Gasteiger partial charge in [-0.2, -0.15) is 0 Å². The molecule has 3 aromatic carbocycles. The summed E-state index contributed by atoms with van der Waals surface area (Å²) in [4.78, 5) is 17.5. The van der Waals surface area contributed by atoms with E-state index in [0.717, 1.165) is 21.7 Å². The van der Waals surface area contributed by atoms with E-state index in [1.165, 1.54) is 29.7 Å². The fourth-order valence-corrected chi connectivity index (χ4v) is 5.19. The summed E-state index contributed by atoms with van der Waals surface area (Å²) in [5, 5.41) is 3.54. The van der Waals surface area contributed by atoms with Gasteiger partial charge >= 0.3 is 0 Å². The lowest BCUT2D eigenvalue weighted by Crippen LogP contribution is -2.15. The largest absolute Gasteiger partial charge is 0.321 e. The average Bonchev–Trinajstić information content (AvgIpc) is 3.28. The number of carbonyl (C=O) groups is 1. The second kappa shape index (κ2) is 8.94. The van der Waals surface area contributed by atoms with Crippen LogP contribution in [0.4, 0.5) is 11.4 Å². The highest BCUT2D eigenvalue weighted by molar-refractivity contribution is 7.92. The summed E-state index contributed by atoms with van der Waals surface area (Å²) in [5.74, 6) is -0.297. The number of anilines is 2. The van der Waals surface area contributed by atoms with Crippen molar-refractivity contribution in [1.29, 1.82) is 0 Å². The summed E-state index contributed by atoms with van der Waals surface area (Å²) in [5.41, 5.74) is 3.70. The van der Waals surface area contributed by atoms with Crippen molar-refractivity contribution in [3.63, 3.8) is 0 Å². The third kappa shape index (κ3) is 4.71. The zero-order chi connectivity index (χ0) is 22.7. The molecule has 0 aliphatic heterocycles. The maximum absolute atomic E-state index is 12.8. The summed E-state index contributed by atoms with van der Waals surface area (Å²) < 4.78 is 28.2. The van der Waals surface area contributed by atoms with Crippen LogP contribution in [0.2, 0.25) is 0 Å². The molecule has 1 heterocycles. The van der Waals surface area contributed by atoms with Crippen molar-refractivity contribution in [2.45, 2.75) is 18.7 Å². The Morgan fingerprint density at radius 1 is 0.875 bits per heavy atom. The van der Waals surface area contributed by atoms with E-state index in [1.54, 1.807) is 12.1 Å². The van der Waals surface area contributed by atoms with Gasteiger partial charge < -0.3 is 5.32 Å². The fourth-order valence-electron chi connectivity index (χ4n) is 3.17. The van der Waals surface area contributed by atoms with E-state index < -0.39 is 10.0 Å². The van der Waals surface area contributed by atoms with Crippen molar-refractivity contribution in [2.24, 2.45) is 0 Å². The Morgan fingerprint density at radius 3 is 2.19 bits per heavy atom. The standard InChI is InChI=1S/C24H21N3O3S2/c1-16-7-6-8-17(2)22(16)27-32(29,30)20-13-11-19(12-14-20)26-23(28)21-15-25-24(31-21)18-9-4-3-5-10-18/h3-15,27H,1-2H3,(H,26,28). The first kappa shape index (κ1) is 21.7. The van der Waals surface area contributed by atoms with Crippen molar-refractivity contribution in [3.8, 4) is 10.6 Å². The molecule has 6 nitrogen and oxygen atoms in total. The van der Waals surface area contributed by atoms with E-state index in [1.807, 2.05) is 62.4 Å². The molecule has 4 aromatic rings. The van der Waals surface area contributed by atoms with Crippen LogP contribution in [0.5, 0.6) is 0 Å². The molecule has 0 radical (unpaired) electrons. The van der Waals surface area contributed by atoms with E-state index in [4.69, 9.17) is 0 Å². The van der Waals surface area contributed by atoms with Gasteiger partial charge in [0.2, 0.25) is 0 Å². The Kier molecular flexibility index (Phi) is 6.07. The number of rotatable bonds is 6. The molecular formula is C24H21N3O3S2. The van der Waals surface area contributed by atoms with E-state index >= 15 is 0 Å². The molecule has 0 unspecified atom stereocenters. The molecule has 0 aliphatic rings. The van der Waals surface area contributed by atoms with Gasteiger partial charge in [-0.3, -0.25) is 9.52 Å². The quantitative estimate of drug-likeness (QED) is 0.396. The van der Waals surface area contributed by atoms with Gasteiger partial charge in [-0.15, -0.1) is 11.3 Å². The topological polar surface area (TPSA) is 88.2 Å². The maximum Gasteiger partial charge on any atom is 0.267 e. The molecule has 0 spiro atoms. The van der Waals surface area contributed by atoms with Gasteiger partial charge in [0, 0.05) is 11.3 Å². The number of hydrogen-bond donors (Lipinski definition) is 2. The van der Waals surface area contributed by atoms with Crippen LogP contribution in [-0.4, -0.2) is 19.3 Å². The molecule has 32 heavy (non-hydrogen) atoms. The van der Waals surface area contributed by atoms with Crippen LogP contribution >= 0.6 is 11.3 Å². The van der Waals surface area contributed by atoms with Gasteiger partial charge in [-0.05, 0) is 49.2 Å².